The number of benzene rings is 1. The SMILES string of the molecule is NC(=O)OC1CCN(C(=O)CCN2CCN(c3cccc(NC4CCC(=O)NC4=O)c3)CC2)CC1. The van der Waals surface area contributed by atoms with Crippen LogP contribution in [-0.4, -0.2) is 91.6 Å². The number of nitrogens with one attached hydrogen (secondary N) is 2. The third kappa shape index (κ3) is 6.84. The summed E-state index contributed by atoms with van der Waals surface area (Å²) in [7, 11) is 0. The molecule has 1 unspecified atom stereocenters. The number of piperazine rings is 1. The summed E-state index contributed by atoms with van der Waals surface area (Å²) in [6, 6.07) is 7.58. The van der Waals surface area contributed by atoms with E-state index < -0.39 is 12.1 Å². The van der Waals surface area contributed by atoms with E-state index in [9.17, 15) is 19.2 Å². The van der Waals surface area contributed by atoms with Gasteiger partial charge in [0.15, 0.2) is 0 Å². The summed E-state index contributed by atoms with van der Waals surface area (Å²) in [6.07, 6.45) is 1.62. The number of carbonyl (C=O) groups excluding carboxylic acids is 4. The fourth-order valence-electron chi connectivity index (χ4n) is 4.85. The van der Waals surface area contributed by atoms with Gasteiger partial charge in [0.25, 0.3) is 0 Å². The number of ether oxygens (including phenoxy) is 1. The summed E-state index contributed by atoms with van der Waals surface area (Å²) in [5, 5.41) is 5.62. The van der Waals surface area contributed by atoms with Gasteiger partial charge in [-0.15, -0.1) is 0 Å². The molecule has 4 rings (SSSR count). The maximum atomic E-state index is 12.6. The molecule has 4 amide bonds. The Bertz CT molecular complexity index is 940. The molecular weight excluding hydrogens is 452 g/mol. The largest absolute Gasteiger partial charge is 0.446 e. The molecule has 3 heterocycles. The van der Waals surface area contributed by atoms with Crippen molar-refractivity contribution in [1.82, 2.24) is 15.1 Å². The summed E-state index contributed by atoms with van der Waals surface area (Å²) in [5.41, 5.74) is 7.01. The lowest BCUT2D eigenvalue weighted by Crippen LogP contribution is -2.48. The number of likely N-dealkylation sites (tertiary alicyclic amines) is 1. The number of hydrogen-bond donors (Lipinski definition) is 3. The molecule has 4 N–H and O–H groups in total. The Labute approximate surface area is 204 Å². The van der Waals surface area contributed by atoms with Crippen LogP contribution in [0.25, 0.3) is 0 Å². The molecule has 190 valence electrons. The van der Waals surface area contributed by atoms with Crippen molar-refractivity contribution < 1.29 is 23.9 Å². The minimum absolute atomic E-state index is 0.136. The van der Waals surface area contributed by atoms with E-state index in [1.165, 1.54) is 0 Å². The molecule has 1 atom stereocenters. The van der Waals surface area contributed by atoms with Crippen molar-refractivity contribution in [3.63, 3.8) is 0 Å². The second-order valence-electron chi connectivity index (χ2n) is 9.29. The zero-order chi connectivity index (χ0) is 24.8. The number of nitrogens with two attached hydrogens (primary N) is 1. The van der Waals surface area contributed by atoms with Gasteiger partial charge >= 0.3 is 6.09 Å². The number of piperidine rings is 2. The van der Waals surface area contributed by atoms with Crippen LogP contribution >= 0.6 is 0 Å². The Morgan fingerprint density at radius 3 is 2.49 bits per heavy atom. The van der Waals surface area contributed by atoms with Gasteiger partial charge < -0.3 is 25.6 Å². The van der Waals surface area contributed by atoms with Crippen LogP contribution in [0.4, 0.5) is 16.2 Å². The fourth-order valence-corrected chi connectivity index (χ4v) is 4.85. The van der Waals surface area contributed by atoms with Gasteiger partial charge in [-0.2, -0.15) is 0 Å². The highest BCUT2D eigenvalue weighted by molar-refractivity contribution is 6.01. The van der Waals surface area contributed by atoms with Gasteiger partial charge in [-0.1, -0.05) is 6.07 Å². The lowest BCUT2D eigenvalue weighted by Gasteiger charge is -2.37. The Morgan fingerprint density at radius 2 is 1.80 bits per heavy atom. The molecule has 3 aliphatic heterocycles. The number of imide groups is 1. The number of rotatable bonds is 7. The molecule has 35 heavy (non-hydrogen) atoms. The van der Waals surface area contributed by atoms with Gasteiger partial charge in [-0.05, 0) is 24.6 Å². The number of nitrogens with zero attached hydrogens (tertiary/aromatic N) is 3. The van der Waals surface area contributed by atoms with Crippen LogP contribution in [0.5, 0.6) is 0 Å². The standard InChI is InChI=1S/C24H34N6O5/c25-24(34)35-19-6-10-30(11-7-19)22(32)8-9-28-12-14-29(15-13-28)18-3-1-2-17(16-18)26-20-4-5-21(31)27-23(20)33/h1-3,16,19-20,26H,4-15H2,(H2,25,34)(H,27,31,33). The molecule has 3 aliphatic rings. The van der Waals surface area contributed by atoms with E-state index in [2.05, 4.69) is 26.5 Å². The minimum atomic E-state index is -0.758. The predicted octanol–water partition coefficient (Wildman–Crippen LogP) is 0.502. The smallest absolute Gasteiger partial charge is 0.404 e. The highest BCUT2D eigenvalue weighted by Gasteiger charge is 2.27. The first-order chi connectivity index (χ1) is 16.9. The predicted molar refractivity (Wildman–Crippen MR) is 130 cm³/mol. The third-order valence-electron chi connectivity index (χ3n) is 6.88. The van der Waals surface area contributed by atoms with Crippen LogP contribution in [0.2, 0.25) is 0 Å². The number of amides is 4. The molecule has 0 bridgehead atoms. The van der Waals surface area contributed by atoms with E-state index in [0.29, 0.717) is 45.2 Å². The molecule has 11 nitrogen and oxygen atoms in total. The van der Waals surface area contributed by atoms with Crippen LogP contribution in [0.15, 0.2) is 24.3 Å². The maximum absolute atomic E-state index is 12.6. The van der Waals surface area contributed by atoms with Gasteiger partial charge in [0.1, 0.15) is 12.1 Å². The second-order valence-corrected chi connectivity index (χ2v) is 9.29. The molecule has 3 saturated heterocycles. The molecule has 1 aromatic carbocycles. The van der Waals surface area contributed by atoms with Gasteiger partial charge in [-0.3, -0.25) is 24.6 Å². The molecule has 0 aliphatic carbocycles. The average molecular weight is 487 g/mol. The van der Waals surface area contributed by atoms with E-state index >= 15 is 0 Å². The summed E-state index contributed by atoms with van der Waals surface area (Å²) in [4.78, 5) is 53.3. The Kier molecular flexibility index (Phi) is 8.06. The van der Waals surface area contributed by atoms with Crippen LogP contribution in [0, 0.1) is 0 Å². The monoisotopic (exact) mass is 486 g/mol. The van der Waals surface area contributed by atoms with Crippen molar-refractivity contribution in [2.45, 2.75) is 44.2 Å². The fraction of sp³-hybridized carbons (Fsp3) is 0.583. The molecule has 0 radical (unpaired) electrons. The lowest BCUT2D eigenvalue weighted by molar-refractivity contribution is -0.134. The second kappa shape index (κ2) is 11.4. The first kappa shape index (κ1) is 24.8. The highest BCUT2D eigenvalue weighted by atomic mass is 16.6. The van der Waals surface area contributed by atoms with Crippen LogP contribution < -0.4 is 21.3 Å². The van der Waals surface area contributed by atoms with Crippen LogP contribution in [-0.2, 0) is 19.1 Å². The van der Waals surface area contributed by atoms with Crippen molar-refractivity contribution in [3.05, 3.63) is 24.3 Å². The van der Waals surface area contributed by atoms with Gasteiger partial charge in [0.2, 0.25) is 17.7 Å². The number of carbonyl (C=O) groups is 4. The van der Waals surface area contributed by atoms with Gasteiger partial charge in [0.05, 0.1) is 0 Å². The molecule has 0 spiro atoms. The van der Waals surface area contributed by atoms with Crippen molar-refractivity contribution in [2.75, 3.05) is 56.0 Å². The quantitative estimate of drug-likeness (QED) is 0.474. The van der Waals surface area contributed by atoms with E-state index in [-0.39, 0.29) is 23.8 Å². The number of hydrogen-bond acceptors (Lipinski definition) is 8. The topological polar surface area (TPSA) is 137 Å². The van der Waals surface area contributed by atoms with Gasteiger partial charge in [-0.25, -0.2) is 4.79 Å². The van der Waals surface area contributed by atoms with Crippen molar-refractivity contribution in [2.24, 2.45) is 5.73 Å². The molecule has 0 saturated carbocycles. The minimum Gasteiger partial charge on any atom is -0.446 e. The van der Waals surface area contributed by atoms with Crippen molar-refractivity contribution in [3.8, 4) is 0 Å². The number of primary amides is 1. The van der Waals surface area contributed by atoms with E-state index in [0.717, 1.165) is 44.1 Å². The zero-order valence-corrected chi connectivity index (χ0v) is 19.9. The van der Waals surface area contributed by atoms with Crippen LogP contribution in [0.3, 0.4) is 0 Å². The average Bonchev–Trinajstić information content (AvgIpc) is 2.85. The van der Waals surface area contributed by atoms with E-state index in [1.54, 1.807) is 0 Å². The summed E-state index contributed by atoms with van der Waals surface area (Å²) >= 11 is 0. The maximum Gasteiger partial charge on any atom is 0.404 e. The molecule has 3 fully saturated rings. The Hall–Kier alpha value is -3.34. The van der Waals surface area contributed by atoms with Gasteiger partial charge in [0, 0.05) is 82.9 Å². The Morgan fingerprint density at radius 1 is 1.06 bits per heavy atom. The Balaban J connectivity index is 1.19. The molecule has 0 aromatic heterocycles. The number of anilines is 2. The highest BCUT2D eigenvalue weighted by Crippen LogP contribution is 2.23. The third-order valence-corrected chi connectivity index (χ3v) is 6.88. The molecule has 1 aromatic rings. The van der Waals surface area contributed by atoms with Crippen molar-refractivity contribution in [1.29, 1.82) is 0 Å². The normalized spacial score (nSPS) is 22.0. The van der Waals surface area contributed by atoms with E-state index in [1.807, 2.05) is 23.1 Å². The first-order valence-electron chi connectivity index (χ1n) is 12.3. The molecule has 11 heteroatoms. The summed E-state index contributed by atoms with van der Waals surface area (Å²) in [5.74, 6) is -0.365. The summed E-state index contributed by atoms with van der Waals surface area (Å²) < 4.78 is 5.03. The lowest BCUT2D eigenvalue weighted by atomic mass is 10.1. The summed E-state index contributed by atoms with van der Waals surface area (Å²) in [6.45, 7) is 5.35. The van der Waals surface area contributed by atoms with Crippen LogP contribution in [0.1, 0.15) is 32.1 Å². The zero-order valence-electron chi connectivity index (χ0n) is 19.9. The molecular formula is C24H34N6O5. The first-order valence-corrected chi connectivity index (χ1v) is 12.3. The van der Waals surface area contributed by atoms with E-state index in [4.69, 9.17) is 10.5 Å². The van der Waals surface area contributed by atoms with Crippen molar-refractivity contribution >= 4 is 35.2 Å².